The van der Waals surface area contributed by atoms with Crippen molar-refractivity contribution >= 4 is 52.9 Å². The molecule has 0 bridgehead atoms. The molecule has 1 aliphatic carbocycles. The monoisotopic (exact) mass is 586 g/mol. The van der Waals surface area contributed by atoms with Crippen molar-refractivity contribution in [2.24, 2.45) is 0 Å². The zero-order valence-electron chi connectivity index (χ0n) is 23.8. The highest BCUT2D eigenvalue weighted by atomic mass is 32.1. The van der Waals surface area contributed by atoms with Crippen LogP contribution in [0.25, 0.3) is 74.6 Å². The molecule has 0 saturated heterocycles. The average molecular weight is 587 g/mol. The first-order valence-corrected chi connectivity index (χ1v) is 16.2. The summed E-state index contributed by atoms with van der Waals surface area (Å²) in [5.41, 5.74) is 9.38. The lowest BCUT2D eigenvalue weighted by atomic mass is 9.82. The van der Waals surface area contributed by atoms with E-state index in [4.69, 9.17) is 9.97 Å². The van der Waals surface area contributed by atoms with Gasteiger partial charge in [-0.25, -0.2) is 9.97 Å². The standard InChI is InChI=1S/C39H26N2S2/c1-39(2)29-17-6-4-13-26(29)36-27(15-10-18-30(36)39)31-22-32(35-21-23-11-3-7-19-33(23)42-35)41-38(40-31)28-16-9-14-25-24-12-5-8-20-34(24)43-37(25)28/h3-22H,1-2H3. The maximum atomic E-state index is 5.37. The zero-order chi connectivity index (χ0) is 28.7. The summed E-state index contributed by atoms with van der Waals surface area (Å²) in [6.45, 7) is 4.66. The zero-order valence-corrected chi connectivity index (χ0v) is 25.4. The van der Waals surface area contributed by atoms with Gasteiger partial charge in [0.15, 0.2) is 5.82 Å². The van der Waals surface area contributed by atoms with Gasteiger partial charge in [-0.1, -0.05) is 105 Å². The average Bonchev–Trinajstić information content (AvgIpc) is 3.72. The number of hydrogen-bond acceptors (Lipinski definition) is 4. The SMILES string of the molecule is CC1(C)c2ccccc2-c2c(-c3cc(-c4cc5ccccc5s4)nc(-c4cccc5c4sc4ccccc45)n3)cccc21. The fourth-order valence-electron chi connectivity index (χ4n) is 6.83. The lowest BCUT2D eigenvalue weighted by Gasteiger charge is -2.21. The summed E-state index contributed by atoms with van der Waals surface area (Å²) in [5.74, 6) is 0.769. The van der Waals surface area contributed by atoms with Crippen molar-refractivity contribution in [1.82, 2.24) is 9.97 Å². The molecule has 2 nitrogen and oxygen atoms in total. The van der Waals surface area contributed by atoms with Gasteiger partial charge < -0.3 is 0 Å². The summed E-state index contributed by atoms with van der Waals surface area (Å²) in [6.07, 6.45) is 0. The van der Waals surface area contributed by atoms with Crippen LogP contribution in [-0.4, -0.2) is 9.97 Å². The molecule has 0 radical (unpaired) electrons. The molecular formula is C39H26N2S2. The minimum absolute atomic E-state index is 0.0746. The third-order valence-corrected chi connectivity index (χ3v) is 11.3. The first kappa shape index (κ1) is 24.9. The molecule has 9 rings (SSSR count). The number of fused-ring (bicyclic) bond motifs is 7. The Kier molecular flexibility index (Phi) is 5.32. The van der Waals surface area contributed by atoms with Gasteiger partial charge in [-0.3, -0.25) is 0 Å². The molecule has 3 heterocycles. The second-order valence-electron chi connectivity index (χ2n) is 11.8. The molecule has 5 aromatic carbocycles. The van der Waals surface area contributed by atoms with Gasteiger partial charge in [0.05, 0.1) is 16.3 Å². The van der Waals surface area contributed by atoms with Crippen LogP contribution in [0.4, 0.5) is 0 Å². The van der Waals surface area contributed by atoms with Crippen LogP contribution in [0.5, 0.6) is 0 Å². The highest BCUT2D eigenvalue weighted by Crippen LogP contribution is 2.52. The van der Waals surface area contributed by atoms with E-state index in [0.29, 0.717) is 0 Å². The van der Waals surface area contributed by atoms with Gasteiger partial charge in [-0.15, -0.1) is 22.7 Å². The fraction of sp³-hybridized carbons (Fsp3) is 0.0769. The molecular weight excluding hydrogens is 561 g/mol. The van der Waals surface area contributed by atoms with Crippen LogP contribution in [0, 0.1) is 0 Å². The van der Waals surface area contributed by atoms with E-state index < -0.39 is 0 Å². The van der Waals surface area contributed by atoms with Crippen LogP contribution in [0.3, 0.4) is 0 Å². The second kappa shape index (κ2) is 9.18. The van der Waals surface area contributed by atoms with Crippen molar-refractivity contribution in [3.63, 3.8) is 0 Å². The van der Waals surface area contributed by atoms with E-state index in [1.165, 1.54) is 52.5 Å². The number of aromatic nitrogens is 2. The predicted molar refractivity (Wildman–Crippen MR) is 184 cm³/mol. The Bertz CT molecular complexity index is 2360. The largest absolute Gasteiger partial charge is 0.228 e. The van der Waals surface area contributed by atoms with Crippen molar-refractivity contribution in [3.05, 3.63) is 132 Å². The van der Waals surface area contributed by atoms with Gasteiger partial charge in [0.25, 0.3) is 0 Å². The van der Waals surface area contributed by atoms with Crippen molar-refractivity contribution < 1.29 is 0 Å². The number of thiophene rings is 2. The van der Waals surface area contributed by atoms with Gasteiger partial charge in [0, 0.05) is 41.4 Å². The second-order valence-corrected chi connectivity index (χ2v) is 13.9. The summed E-state index contributed by atoms with van der Waals surface area (Å²) in [6, 6.07) is 43.8. The quantitative estimate of drug-likeness (QED) is 0.206. The summed E-state index contributed by atoms with van der Waals surface area (Å²) in [4.78, 5) is 11.8. The van der Waals surface area contributed by atoms with E-state index in [1.54, 1.807) is 11.3 Å². The first-order chi connectivity index (χ1) is 21.1. The summed E-state index contributed by atoms with van der Waals surface area (Å²) < 4.78 is 3.78. The van der Waals surface area contributed by atoms with Gasteiger partial charge >= 0.3 is 0 Å². The van der Waals surface area contributed by atoms with Gasteiger partial charge in [0.1, 0.15) is 0 Å². The summed E-state index contributed by atoms with van der Waals surface area (Å²) >= 11 is 3.62. The molecule has 0 unspecified atom stereocenters. The molecule has 0 saturated carbocycles. The molecule has 0 fully saturated rings. The lowest BCUT2D eigenvalue weighted by Crippen LogP contribution is -2.14. The van der Waals surface area contributed by atoms with Crippen LogP contribution in [-0.2, 0) is 5.41 Å². The Hall–Kier alpha value is -4.64. The minimum atomic E-state index is -0.0746. The van der Waals surface area contributed by atoms with Gasteiger partial charge in [-0.05, 0) is 58.0 Å². The van der Waals surface area contributed by atoms with Gasteiger partial charge in [0.2, 0.25) is 0 Å². The van der Waals surface area contributed by atoms with E-state index in [1.807, 2.05) is 11.3 Å². The molecule has 1 aliphatic rings. The number of nitrogens with zero attached hydrogens (tertiary/aromatic N) is 2. The van der Waals surface area contributed by atoms with E-state index in [2.05, 4.69) is 135 Å². The van der Waals surface area contributed by atoms with Crippen LogP contribution in [0.2, 0.25) is 0 Å². The third kappa shape index (κ3) is 3.70. The van der Waals surface area contributed by atoms with E-state index in [-0.39, 0.29) is 5.41 Å². The molecule has 0 N–H and O–H groups in total. The molecule has 0 aliphatic heterocycles. The smallest absolute Gasteiger partial charge is 0.161 e. The van der Waals surface area contributed by atoms with E-state index >= 15 is 0 Å². The Morgan fingerprint density at radius 3 is 2.12 bits per heavy atom. The maximum absolute atomic E-state index is 5.37. The summed E-state index contributed by atoms with van der Waals surface area (Å²) in [5, 5.41) is 3.78. The number of hydrogen-bond donors (Lipinski definition) is 0. The molecule has 0 spiro atoms. The lowest BCUT2D eigenvalue weighted by molar-refractivity contribution is 0.660. The number of benzene rings is 5. The van der Waals surface area contributed by atoms with Crippen LogP contribution in [0.15, 0.2) is 121 Å². The van der Waals surface area contributed by atoms with Crippen molar-refractivity contribution in [2.75, 3.05) is 0 Å². The summed E-state index contributed by atoms with van der Waals surface area (Å²) in [7, 11) is 0. The molecule has 0 atom stereocenters. The van der Waals surface area contributed by atoms with Crippen molar-refractivity contribution in [3.8, 4) is 44.3 Å². The van der Waals surface area contributed by atoms with Crippen LogP contribution >= 0.6 is 22.7 Å². The van der Waals surface area contributed by atoms with Crippen molar-refractivity contribution in [2.45, 2.75) is 19.3 Å². The molecule has 3 aromatic heterocycles. The Labute approximate surface area is 258 Å². The van der Waals surface area contributed by atoms with E-state index in [0.717, 1.165) is 33.2 Å². The number of rotatable bonds is 3. The Morgan fingerprint density at radius 2 is 1.21 bits per heavy atom. The van der Waals surface area contributed by atoms with E-state index in [9.17, 15) is 0 Å². The predicted octanol–water partition coefficient (Wildman–Crippen LogP) is 11.4. The Balaban J connectivity index is 1.34. The molecule has 0 amide bonds. The van der Waals surface area contributed by atoms with Gasteiger partial charge in [-0.2, -0.15) is 0 Å². The minimum Gasteiger partial charge on any atom is -0.228 e. The fourth-order valence-corrected chi connectivity index (χ4v) is 9.07. The van der Waals surface area contributed by atoms with Crippen LogP contribution in [0.1, 0.15) is 25.0 Å². The molecule has 4 heteroatoms. The molecule has 43 heavy (non-hydrogen) atoms. The molecule has 8 aromatic rings. The maximum Gasteiger partial charge on any atom is 0.161 e. The first-order valence-electron chi connectivity index (χ1n) is 14.6. The third-order valence-electron chi connectivity index (χ3n) is 8.93. The topological polar surface area (TPSA) is 25.8 Å². The molecule has 204 valence electrons. The van der Waals surface area contributed by atoms with Crippen molar-refractivity contribution in [1.29, 1.82) is 0 Å². The highest BCUT2D eigenvalue weighted by molar-refractivity contribution is 7.26. The highest BCUT2D eigenvalue weighted by Gasteiger charge is 2.36. The normalized spacial score (nSPS) is 13.5. The Morgan fingerprint density at radius 1 is 0.535 bits per heavy atom. The van der Waals surface area contributed by atoms with Crippen LogP contribution < -0.4 is 0 Å².